The second-order valence-corrected chi connectivity index (χ2v) is 3.37. The Morgan fingerprint density at radius 1 is 1.06 bits per heavy atom. The molecular weight excluding hydrogens is 216 g/mol. The molecule has 88 valence electrons. The SMILES string of the molecule is CCOc1cc(CC#N)c(OC)cc1CC#N. The molecule has 0 atom stereocenters. The third-order valence-corrected chi connectivity index (χ3v) is 2.30. The molecule has 0 bridgehead atoms. The molecule has 0 aromatic heterocycles. The molecule has 0 fully saturated rings. The van der Waals surface area contributed by atoms with E-state index in [0.717, 1.165) is 11.1 Å². The van der Waals surface area contributed by atoms with Crippen LogP contribution in [0.3, 0.4) is 0 Å². The smallest absolute Gasteiger partial charge is 0.124 e. The Morgan fingerprint density at radius 2 is 1.59 bits per heavy atom. The molecule has 0 aliphatic rings. The van der Waals surface area contributed by atoms with Crippen LogP contribution in [0.2, 0.25) is 0 Å². The van der Waals surface area contributed by atoms with Gasteiger partial charge in [0.25, 0.3) is 0 Å². The number of ether oxygens (including phenoxy) is 2. The predicted molar refractivity (Wildman–Crippen MR) is 62.8 cm³/mol. The summed E-state index contributed by atoms with van der Waals surface area (Å²) in [5.41, 5.74) is 1.56. The number of hydrogen-bond acceptors (Lipinski definition) is 4. The molecule has 0 radical (unpaired) electrons. The second kappa shape index (κ2) is 6.40. The monoisotopic (exact) mass is 230 g/mol. The molecule has 0 N–H and O–H groups in total. The van der Waals surface area contributed by atoms with Crippen molar-refractivity contribution >= 4 is 0 Å². The molecule has 0 aliphatic heterocycles. The first kappa shape index (κ1) is 12.9. The second-order valence-electron chi connectivity index (χ2n) is 3.37. The number of rotatable bonds is 5. The summed E-state index contributed by atoms with van der Waals surface area (Å²) < 4.78 is 10.7. The predicted octanol–water partition coefficient (Wildman–Crippen LogP) is 2.23. The van der Waals surface area contributed by atoms with Crippen LogP contribution in [0, 0.1) is 22.7 Å². The molecule has 4 heteroatoms. The third-order valence-electron chi connectivity index (χ3n) is 2.30. The van der Waals surface area contributed by atoms with E-state index in [1.165, 1.54) is 0 Å². The van der Waals surface area contributed by atoms with Crippen LogP contribution in [-0.2, 0) is 12.8 Å². The van der Waals surface area contributed by atoms with Gasteiger partial charge in [0.2, 0.25) is 0 Å². The maximum Gasteiger partial charge on any atom is 0.124 e. The van der Waals surface area contributed by atoms with Crippen LogP contribution in [0.1, 0.15) is 18.1 Å². The highest BCUT2D eigenvalue weighted by atomic mass is 16.5. The number of benzene rings is 1. The van der Waals surface area contributed by atoms with E-state index >= 15 is 0 Å². The molecule has 0 saturated carbocycles. The molecule has 4 nitrogen and oxygen atoms in total. The van der Waals surface area contributed by atoms with Crippen LogP contribution in [0.15, 0.2) is 12.1 Å². The van der Waals surface area contributed by atoms with Gasteiger partial charge in [-0.3, -0.25) is 0 Å². The number of nitrogens with zero attached hydrogens (tertiary/aromatic N) is 2. The first-order valence-corrected chi connectivity index (χ1v) is 5.33. The van der Waals surface area contributed by atoms with Crippen LogP contribution in [0.25, 0.3) is 0 Å². The van der Waals surface area contributed by atoms with Crippen molar-refractivity contribution in [3.05, 3.63) is 23.3 Å². The zero-order valence-corrected chi connectivity index (χ0v) is 9.99. The third kappa shape index (κ3) is 3.12. The fourth-order valence-corrected chi connectivity index (χ4v) is 1.57. The molecule has 0 saturated heterocycles. The Bertz CT molecular complexity index is 470. The topological polar surface area (TPSA) is 66.0 Å². The minimum Gasteiger partial charge on any atom is -0.496 e. The minimum atomic E-state index is 0.260. The van der Waals surface area contributed by atoms with Crippen molar-refractivity contribution < 1.29 is 9.47 Å². The van der Waals surface area contributed by atoms with E-state index in [1.807, 2.05) is 6.92 Å². The van der Waals surface area contributed by atoms with E-state index < -0.39 is 0 Å². The quantitative estimate of drug-likeness (QED) is 0.777. The largest absolute Gasteiger partial charge is 0.496 e. The van der Waals surface area contributed by atoms with Gasteiger partial charge >= 0.3 is 0 Å². The summed E-state index contributed by atoms with van der Waals surface area (Å²) in [7, 11) is 1.55. The Hall–Kier alpha value is -2.20. The van der Waals surface area contributed by atoms with E-state index in [2.05, 4.69) is 12.1 Å². The van der Waals surface area contributed by atoms with Crippen molar-refractivity contribution in [2.24, 2.45) is 0 Å². The molecule has 0 unspecified atom stereocenters. The van der Waals surface area contributed by atoms with Gasteiger partial charge in [0.15, 0.2) is 0 Å². The van der Waals surface area contributed by atoms with Gasteiger partial charge < -0.3 is 9.47 Å². The summed E-state index contributed by atoms with van der Waals surface area (Å²) in [6.07, 6.45) is 0.522. The molecule has 1 aromatic rings. The van der Waals surface area contributed by atoms with E-state index in [9.17, 15) is 0 Å². The number of nitriles is 2. The Labute approximate surface area is 101 Å². The molecule has 0 heterocycles. The van der Waals surface area contributed by atoms with E-state index in [1.54, 1.807) is 19.2 Å². The highest BCUT2D eigenvalue weighted by Gasteiger charge is 2.11. The number of hydrogen-bond donors (Lipinski definition) is 0. The molecule has 0 amide bonds. The van der Waals surface area contributed by atoms with Crippen molar-refractivity contribution in [3.8, 4) is 23.6 Å². The highest BCUT2D eigenvalue weighted by Crippen LogP contribution is 2.29. The van der Waals surface area contributed by atoms with Gasteiger partial charge in [0, 0.05) is 11.1 Å². The van der Waals surface area contributed by atoms with E-state index in [-0.39, 0.29) is 12.8 Å². The van der Waals surface area contributed by atoms with Gasteiger partial charge in [-0.05, 0) is 19.1 Å². The van der Waals surface area contributed by atoms with Crippen molar-refractivity contribution in [1.29, 1.82) is 10.5 Å². The summed E-state index contributed by atoms with van der Waals surface area (Å²) in [6, 6.07) is 7.70. The summed E-state index contributed by atoms with van der Waals surface area (Å²) in [5.74, 6) is 1.28. The maximum absolute atomic E-state index is 8.75. The van der Waals surface area contributed by atoms with Gasteiger partial charge in [-0.15, -0.1) is 0 Å². The number of methoxy groups -OCH3 is 1. The summed E-state index contributed by atoms with van der Waals surface area (Å²) in [4.78, 5) is 0. The summed E-state index contributed by atoms with van der Waals surface area (Å²) in [6.45, 7) is 2.40. The van der Waals surface area contributed by atoms with Crippen LogP contribution in [0.4, 0.5) is 0 Å². The average Bonchev–Trinajstić information content (AvgIpc) is 2.33. The maximum atomic E-state index is 8.75. The van der Waals surface area contributed by atoms with Crippen molar-refractivity contribution in [3.63, 3.8) is 0 Å². The Morgan fingerprint density at radius 3 is 2.06 bits per heavy atom. The fraction of sp³-hybridized carbons (Fsp3) is 0.385. The lowest BCUT2D eigenvalue weighted by atomic mass is 10.0. The van der Waals surface area contributed by atoms with Crippen molar-refractivity contribution in [2.45, 2.75) is 19.8 Å². The van der Waals surface area contributed by atoms with Crippen LogP contribution >= 0.6 is 0 Å². The van der Waals surface area contributed by atoms with Gasteiger partial charge in [0.05, 0.1) is 38.7 Å². The van der Waals surface area contributed by atoms with Crippen LogP contribution in [0.5, 0.6) is 11.5 Å². The molecule has 1 aromatic carbocycles. The van der Waals surface area contributed by atoms with Gasteiger partial charge in [-0.2, -0.15) is 10.5 Å². The first-order chi connectivity index (χ1) is 8.26. The molecule has 17 heavy (non-hydrogen) atoms. The van der Waals surface area contributed by atoms with Gasteiger partial charge in [-0.1, -0.05) is 0 Å². The fourth-order valence-electron chi connectivity index (χ4n) is 1.57. The summed E-state index contributed by atoms with van der Waals surface area (Å²) >= 11 is 0. The Balaban J connectivity index is 3.22. The minimum absolute atomic E-state index is 0.260. The van der Waals surface area contributed by atoms with Crippen LogP contribution in [-0.4, -0.2) is 13.7 Å². The van der Waals surface area contributed by atoms with E-state index in [4.69, 9.17) is 20.0 Å². The standard InChI is InChI=1S/C13H14N2O2/c1-3-17-13-9-10(4-6-14)12(16-2)8-11(13)5-7-15/h8-9H,3-5H2,1-2H3. The van der Waals surface area contributed by atoms with Crippen molar-refractivity contribution in [2.75, 3.05) is 13.7 Å². The highest BCUT2D eigenvalue weighted by molar-refractivity contribution is 5.48. The molecule has 0 aliphatic carbocycles. The van der Waals surface area contributed by atoms with E-state index in [0.29, 0.717) is 18.1 Å². The average molecular weight is 230 g/mol. The lowest BCUT2D eigenvalue weighted by Crippen LogP contribution is -2.00. The normalized spacial score (nSPS) is 9.18. The molecular formula is C13H14N2O2. The van der Waals surface area contributed by atoms with Crippen LogP contribution < -0.4 is 9.47 Å². The molecule has 1 rings (SSSR count). The van der Waals surface area contributed by atoms with Crippen molar-refractivity contribution in [1.82, 2.24) is 0 Å². The summed E-state index contributed by atoms with van der Waals surface area (Å²) in [5, 5.41) is 17.5. The lowest BCUT2D eigenvalue weighted by molar-refractivity contribution is 0.335. The Kier molecular flexibility index (Phi) is 4.84. The van der Waals surface area contributed by atoms with Gasteiger partial charge in [0.1, 0.15) is 11.5 Å². The van der Waals surface area contributed by atoms with Gasteiger partial charge in [-0.25, -0.2) is 0 Å². The zero-order valence-electron chi connectivity index (χ0n) is 9.99. The molecule has 0 spiro atoms. The zero-order chi connectivity index (χ0) is 12.7. The lowest BCUT2D eigenvalue weighted by Gasteiger charge is -2.13. The first-order valence-electron chi connectivity index (χ1n) is 5.33.